The number of hydrogen-bond acceptors (Lipinski definition) is 3. The number of rotatable bonds is 4. The molecule has 0 N–H and O–H groups in total. The Kier molecular flexibility index (Phi) is 3.49. The lowest BCUT2D eigenvalue weighted by Gasteiger charge is -1.98. The fourth-order valence-electron chi connectivity index (χ4n) is 1.05. The molecule has 0 unspecified atom stereocenters. The predicted octanol–water partition coefficient (Wildman–Crippen LogP) is 1.01. The lowest BCUT2D eigenvalue weighted by atomic mass is 10.3. The summed E-state index contributed by atoms with van der Waals surface area (Å²) in [6.45, 7) is 5.05. The van der Waals surface area contributed by atoms with Crippen LogP contribution in [0.25, 0.3) is 0 Å². The summed E-state index contributed by atoms with van der Waals surface area (Å²) in [5.74, 6) is -0.196. The minimum Gasteiger partial charge on any atom is -0.466 e. The van der Waals surface area contributed by atoms with E-state index in [1.165, 1.54) is 0 Å². The van der Waals surface area contributed by atoms with Gasteiger partial charge in [-0.05, 0) is 13.8 Å². The zero-order valence-electron chi connectivity index (χ0n) is 7.99. The Morgan fingerprint density at radius 3 is 2.92 bits per heavy atom. The number of esters is 1. The first-order chi connectivity index (χ1) is 6.26. The highest BCUT2D eigenvalue weighted by atomic mass is 16.5. The SMILES string of the molecule is CCOC(=O)Cc1cnn(CC)c1. The van der Waals surface area contributed by atoms with Gasteiger partial charge in [0.1, 0.15) is 0 Å². The molecule has 72 valence electrons. The molecule has 0 aliphatic carbocycles. The van der Waals surface area contributed by atoms with Crippen LogP contribution in [0.1, 0.15) is 19.4 Å². The molecule has 0 aliphatic heterocycles. The average molecular weight is 182 g/mol. The van der Waals surface area contributed by atoms with E-state index in [-0.39, 0.29) is 5.97 Å². The average Bonchev–Trinajstić information content (AvgIpc) is 2.52. The van der Waals surface area contributed by atoms with E-state index in [1.807, 2.05) is 13.1 Å². The first-order valence-electron chi connectivity index (χ1n) is 4.43. The van der Waals surface area contributed by atoms with Crippen LogP contribution in [0.2, 0.25) is 0 Å². The number of carbonyl (C=O) groups is 1. The van der Waals surface area contributed by atoms with Gasteiger partial charge in [-0.2, -0.15) is 5.10 Å². The molecule has 0 aliphatic rings. The standard InChI is InChI=1S/C9H14N2O2/c1-3-11-7-8(6-10-11)5-9(12)13-4-2/h6-7H,3-5H2,1-2H3. The topological polar surface area (TPSA) is 44.1 Å². The van der Waals surface area contributed by atoms with E-state index in [1.54, 1.807) is 17.8 Å². The monoisotopic (exact) mass is 182 g/mol. The highest BCUT2D eigenvalue weighted by Gasteiger charge is 2.05. The molecule has 0 amide bonds. The molecule has 13 heavy (non-hydrogen) atoms. The van der Waals surface area contributed by atoms with Crippen LogP contribution >= 0.6 is 0 Å². The van der Waals surface area contributed by atoms with Crippen molar-refractivity contribution in [2.24, 2.45) is 0 Å². The normalized spacial score (nSPS) is 10.0. The van der Waals surface area contributed by atoms with Gasteiger partial charge in [0.15, 0.2) is 0 Å². The predicted molar refractivity (Wildman–Crippen MR) is 48.2 cm³/mol. The number of hydrogen-bond donors (Lipinski definition) is 0. The van der Waals surface area contributed by atoms with E-state index >= 15 is 0 Å². The number of ether oxygens (including phenoxy) is 1. The van der Waals surface area contributed by atoms with Gasteiger partial charge in [-0.25, -0.2) is 0 Å². The summed E-state index contributed by atoms with van der Waals surface area (Å²) in [6, 6.07) is 0. The lowest BCUT2D eigenvalue weighted by Crippen LogP contribution is -2.06. The van der Waals surface area contributed by atoms with Crippen molar-refractivity contribution in [2.75, 3.05) is 6.61 Å². The third kappa shape index (κ3) is 2.89. The highest BCUT2D eigenvalue weighted by Crippen LogP contribution is 2.00. The maximum atomic E-state index is 11.1. The molecule has 0 bridgehead atoms. The third-order valence-corrected chi connectivity index (χ3v) is 1.66. The summed E-state index contributed by atoms with van der Waals surface area (Å²) >= 11 is 0. The summed E-state index contributed by atoms with van der Waals surface area (Å²) in [5.41, 5.74) is 0.903. The van der Waals surface area contributed by atoms with Crippen LogP contribution in [0.3, 0.4) is 0 Å². The largest absolute Gasteiger partial charge is 0.466 e. The summed E-state index contributed by atoms with van der Waals surface area (Å²) in [4.78, 5) is 11.1. The summed E-state index contributed by atoms with van der Waals surface area (Å²) in [7, 11) is 0. The Morgan fingerprint density at radius 1 is 1.62 bits per heavy atom. The smallest absolute Gasteiger partial charge is 0.310 e. The van der Waals surface area contributed by atoms with Crippen LogP contribution in [0.15, 0.2) is 12.4 Å². The Hall–Kier alpha value is -1.32. The van der Waals surface area contributed by atoms with Crippen molar-refractivity contribution in [3.63, 3.8) is 0 Å². The second-order valence-electron chi connectivity index (χ2n) is 2.69. The van der Waals surface area contributed by atoms with Gasteiger partial charge in [0, 0.05) is 18.3 Å². The molecule has 1 aromatic heterocycles. The Balaban J connectivity index is 2.49. The van der Waals surface area contributed by atoms with E-state index in [0.717, 1.165) is 12.1 Å². The first-order valence-corrected chi connectivity index (χ1v) is 4.43. The molecule has 0 atom stereocenters. The van der Waals surface area contributed by atoms with Gasteiger partial charge in [-0.15, -0.1) is 0 Å². The first kappa shape index (κ1) is 9.77. The number of carbonyl (C=O) groups excluding carboxylic acids is 1. The van der Waals surface area contributed by atoms with Crippen LogP contribution in [-0.2, 0) is 22.5 Å². The second kappa shape index (κ2) is 4.64. The van der Waals surface area contributed by atoms with Crippen molar-refractivity contribution in [3.8, 4) is 0 Å². The van der Waals surface area contributed by atoms with Crippen molar-refractivity contribution in [1.29, 1.82) is 0 Å². The molecule has 1 heterocycles. The Bertz CT molecular complexity index is 281. The van der Waals surface area contributed by atoms with E-state index in [0.29, 0.717) is 13.0 Å². The quantitative estimate of drug-likeness (QED) is 0.653. The van der Waals surface area contributed by atoms with Gasteiger partial charge in [-0.1, -0.05) is 0 Å². The number of aryl methyl sites for hydroxylation is 1. The molecule has 0 fully saturated rings. The Labute approximate surface area is 77.5 Å². The maximum Gasteiger partial charge on any atom is 0.310 e. The van der Waals surface area contributed by atoms with Gasteiger partial charge >= 0.3 is 5.97 Å². The van der Waals surface area contributed by atoms with Gasteiger partial charge in [0.2, 0.25) is 0 Å². The van der Waals surface area contributed by atoms with Crippen molar-refractivity contribution in [1.82, 2.24) is 9.78 Å². The molecule has 0 aromatic carbocycles. The summed E-state index contributed by atoms with van der Waals surface area (Å²) in [5, 5.41) is 4.06. The van der Waals surface area contributed by atoms with Crippen LogP contribution < -0.4 is 0 Å². The van der Waals surface area contributed by atoms with Crippen molar-refractivity contribution < 1.29 is 9.53 Å². The highest BCUT2D eigenvalue weighted by molar-refractivity contribution is 5.72. The molecule has 1 aromatic rings. The number of nitrogens with zero attached hydrogens (tertiary/aromatic N) is 2. The lowest BCUT2D eigenvalue weighted by molar-refractivity contribution is -0.142. The van der Waals surface area contributed by atoms with E-state index < -0.39 is 0 Å². The maximum absolute atomic E-state index is 11.1. The minimum atomic E-state index is -0.196. The van der Waals surface area contributed by atoms with Crippen LogP contribution in [0, 0.1) is 0 Å². The molecule has 4 heteroatoms. The van der Waals surface area contributed by atoms with Gasteiger partial charge in [-0.3, -0.25) is 9.48 Å². The molecule has 4 nitrogen and oxygen atoms in total. The molecule has 0 spiro atoms. The van der Waals surface area contributed by atoms with E-state index in [2.05, 4.69) is 5.10 Å². The Morgan fingerprint density at radius 2 is 2.38 bits per heavy atom. The van der Waals surface area contributed by atoms with Crippen molar-refractivity contribution in [2.45, 2.75) is 26.8 Å². The fraction of sp³-hybridized carbons (Fsp3) is 0.556. The molecule has 1 rings (SSSR count). The van der Waals surface area contributed by atoms with Gasteiger partial charge < -0.3 is 4.74 Å². The van der Waals surface area contributed by atoms with Crippen molar-refractivity contribution >= 4 is 5.97 Å². The van der Waals surface area contributed by atoms with Crippen LogP contribution in [0.5, 0.6) is 0 Å². The van der Waals surface area contributed by atoms with Gasteiger partial charge in [0.05, 0.1) is 19.2 Å². The molecule has 0 saturated carbocycles. The fourth-order valence-corrected chi connectivity index (χ4v) is 1.05. The van der Waals surface area contributed by atoms with Gasteiger partial charge in [0.25, 0.3) is 0 Å². The van der Waals surface area contributed by atoms with Crippen LogP contribution in [-0.4, -0.2) is 22.4 Å². The molecular formula is C9H14N2O2. The minimum absolute atomic E-state index is 0.196. The summed E-state index contributed by atoms with van der Waals surface area (Å²) < 4.78 is 6.60. The van der Waals surface area contributed by atoms with E-state index in [9.17, 15) is 4.79 Å². The molecule has 0 radical (unpaired) electrons. The zero-order valence-corrected chi connectivity index (χ0v) is 7.99. The third-order valence-electron chi connectivity index (χ3n) is 1.66. The zero-order chi connectivity index (χ0) is 9.68. The molecule has 0 saturated heterocycles. The number of aromatic nitrogens is 2. The summed E-state index contributed by atoms with van der Waals surface area (Å²) in [6.07, 6.45) is 3.87. The second-order valence-corrected chi connectivity index (χ2v) is 2.69. The van der Waals surface area contributed by atoms with E-state index in [4.69, 9.17) is 4.74 Å². The van der Waals surface area contributed by atoms with Crippen LogP contribution in [0.4, 0.5) is 0 Å². The molecular weight excluding hydrogens is 168 g/mol. The van der Waals surface area contributed by atoms with Crippen molar-refractivity contribution in [3.05, 3.63) is 18.0 Å².